The number of carbonyl (C=O) groups excluding carboxylic acids is 3. The number of ether oxygens (including phenoxy) is 3. The summed E-state index contributed by atoms with van der Waals surface area (Å²) in [6, 6.07) is 4.30. The van der Waals surface area contributed by atoms with E-state index >= 15 is 0 Å². The van der Waals surface area contributed by atoms with Gasteiger partial charge in [0.05, 0.1) is 12.3 Å². The number of nitrogens with zero attached hydrogens (tertiary/aromatic N) is 1. The highest BCUT2D eigenvalue weighted by molar-refractivity contribution is 6.00. The van der Waals surface area contributed by atoms with Crippen molar-refractivity contribution in [3.05, 3.63) is 29.8 Å². The zero-order valence-electron chi connectivity index (χ0n) is 16.8. The van der Waals surface area contributed by atoms with Crippen LogP contribution in [0, 0.1) is 0 Å². The number of esters is 1. The highest BCUT2D eigenvalue weighted by Crippen LogP contribution is 2.32. The van der Waals surface area contributed by atoms with E-state index in [2.05, 4.69) is 5.32 Å². The summed E-state index contributed by atoms with van der Waals surface area (Å²) < 4.78 is 15.8. The Balaban J connectivity index is 2.15. The van der Waals surface area contributed by atoms with Crippen molar-refractivity contribution in [1.29, 1.82) is 0 Å². The van der Waals surface area contributed by atoms with Gasteiger partial charge in [0.2, 0.25) is 0 Å². The summed E-state index contributed by atoms with van der Waals surface area (Å²) >= 11 is 0. The molecule has 1 aromatic carbocycles. The van der Waals surface area contributed by atoms with E-state index in [1.807, 2.05) is 0 Å². The van der Waals surface area contributed by atoms with Crippen LogP contribution in [0.1, 0.15) is 33.3 Å². The number of alkyl carbamates (subject to hydrolysis) is 1. The Bertz CT molecular complexity index is 781. The van der Waals surface area contributed by atoms with Gasteiger partial charge in [0.15, 0.2) is 0 Å². The SMILES string of the molecule is CCOC(=O)/C=C/c1ccc2c(c1)N(C)C(=O)[C@@H](NC(=O)OC(C)(C)C)CO2. The van der Waals surface area contributed by atoms with Crippen molar-refractivity contribution in [3.63, 3.8) is 0 Å². The predicted octanol–water partition coefficient (Wildman–Crippen LogP) is 2.51. The maximum Gasteiger partial charge on any atom is 0.408 e. The Morgan fingerprint density at radius 2 is 2.07 bits per heavy atom. The highest BCUT2D eigenvalue weighted by Gasteiger charge is 2.31. The molecule has 8 heteroatoms. The topological polar surface area (TPSA) is 94.2 Å². The monoisotopic (exact) mass is 390 g/mol. The summed E-state index contributed by atoms with van der Waals surface area (Å²) in [6.07, 6.45) is 2.22. The Morgan fingerprint density at radius 1 is 1.36 bits per heavy atom. The first kappa shape index (κ1) is 21.3. The quantitative estimate of drug-likeness (QED) is 0.627. The van der Waals surface area contributed by atoms with E-state index in [-0.39, 0.29) is 12.5 Å². The van der Waals surface area contributed by atoms with Crippen molar-refractivity contribution in [3.8, 4) is 5.75 Å². The lowest BCUT2D eigenvalue weighted by molar-refractivity contribution is -0.137. The minimum Gasteiger partial charge on any atom is -0.489 e. The lowest BCUT2D eigenvalue weighted by atomic mass is 10.1. The van der Waals surface area contributed by atoms with Gasteiger partial charge in [-0.15, -0.1) is 0 Å². The third-order valence-corrected chi connectivity index (χ3v) is 3.77. The largest absolute Gasteiger partial charge is 0.489 e. The number of rotatable bonds is 4. The summed E-state index contributed by atoms with van der Waals surface area (Å²) in [7, 11) is 1.60. The average molecular weight is 390 g/mol. The lowest BCUT2D eigenvalue weighted by Gasteiger charge is -2.23. The van der Waals surface area contributed by atoms with Crippen LogP contribution in [0.4, 0.5) is 10.5 Å². The number of carbonyl (C=O) groups is 3. The van der Waals surface area contributed by atoms with Gasteiger partial charge in [-0.1, -0.05) is 6.07 Å². The lowest BCUT2D eigenvalue weighted by Crippen LogP contribution is -2.50. The fourth-order valence-electron chi connectivity index (χ4n) is 2.53. The Morgan fingerprint density at radius 3 is 2.71 bits per heavy atom. The van der Waals surface area contributed by atoms with Gasteiger partial charge in [0.25, 0.3) is 5.91 Å². The smallest absolute Gasteiger partial charge is 0.408 e. The van der Waals surface area contributed by atoms with E-state index < -0.39 is 23.7 Å². The van der Waals surface area contributed by atoms with Gasteiger partial charge in [-0.05, 0) is 51.5 Å². The van der Waals surface area contributed by atoms with Gasteiger partial charge in [0, 0.05) is 13.1 Å². The first-order valence-corrected chi connectivity index (χ1v) is 8.99. The second-order valence-electron chi connectivity index (χ2n) is 7.22. The molecule has 28 heavy (non-hydrogen) atoms. The van der Waals surface area contributed by atoms with Crippen LogP contribution in [0.25, 0.3) is 6.08 Å². The van der Waals surface area contributed by atoms with E-state index in [0.29, 0.717) is 23.6 Å². The van der Waals surface area contributed by atoms with Crippen molar-refractivity contribution in [2.45, 2.75) is 39.3 Å². The first-order chi connectivity index (χ1) is 13.1. The maximum atomic E-state index is 12.8. The van der Waals surface area contributed by atoms with Crippen LogP contribution < -0.4 is 15.0 Å². The molecule has 2 rings (SSSR count). The van der Waals surface area contributed by atoms with Crippen LogP contribution in [0.3, 0.4) is 0 Å². The van der Waals surface area contributed by atoms with Crippen molar-refractivity contribution in [2.75, 3.05) is 25.2 Å². The highest BCUT2D eigenvalue weighted by atomic mass is 16.6. The zero-order chi connectivity index (χ0) is 20.9. The molecule has 0 aliphatic carbocycles. The molecule has 1 heterocycles. The molecule has 1 aliphatic rings. The van der Waals surface area contributed by atoms with Gasteiger partial charge >= 0.3 is 12.1 Å². The van der Waals surface area contributed by atoms with Crippen molar-refractivity contribution in [1.82, 2.24) is 5.32 Å². The predicted molar refractivity (Wildman–Crippen MR) is 104 cm³/mol. The van der Waals surface area contributed by atoms with Gasteiger partial charge in [-0.25, -0.2) is 9.59 Å². The van der Waals surface area contributed by atoms with Gasteiger partial charge in [-0.3, -0.25) is 4.79 Å². The molecule has 0 saturated heterocycles. The zero-order valence-corrected chi connectivity index (χ0v) is 16.8. The van der Waals surface area contributed by atoms with Crippen molar-refractivity contribution in [2.24, 2.45) is 0 Å². The summed E-state index contributed by atoms with van der Waals surface area (Å²) in [5.41, 5.74) is 0.561. The van der Waals surface area contributed by atoms with Gasteiger partial charge in [-0.2, -0.15) is 0 Å². The first-order valence-electron chi connectivity index (χ1n) is 8.99. The fraction of sp³-hybridized carbons (Fsp3) is 0.450. The van der Waals surface area contributed by atoms with Gasteiger partial charge in [0.1, 0.15) is 24.0 Å². The second kappa shape index (κ2) is 8.77. The molecule has 1 aliphatic heterocycles. The van der Waals surface area contributed by atoms with E-state index in [1.54, 1.807) is 59.0 Å². The van der Waals surface area contributed by atoms with Crippen molar-refractivity contribution >= 4 is 29.7 Å². The molecular weight excluding hydrogens is 364 g/mol. The standard InChI is InChI=1S/C20H26N2O6/c1-6-26-17(23)10-8-13-7-9-16-15(11-13)22(5)18(24)14(12-27-16)21-19(25)28-20(2,3)4/h7-11,14H,6,12H2,1-5H3,(H,21,25)/b10-8+/t14-/m0/s1. The molecule has 1 N–H and O–H groups in total. The Kier molecular flexibility index (Phi) is 6.66. The minimum absolute atomic E-state index is 0.0204. The number of benzene rings is 1. The van der Waals surface area contributed by atoms with E-state index in [4.69, 9.17) is 14.2 Å². The summed E-state index contributed by atoms with van der Waals surface area (Å²) in [6.45, 7) is 7.23. The van der Waals surface area contributed by atoms with Crippen LogP contribution >= 0.6 is 0 Å². The fourth-order valence-corrected chi connectivity index (χ4v) is 2.53. The molecule has 1 aromatic rings. The van der Waals surface area contributed by atoms with E-state index in [0.717, 1.165) is 0 Å². The number of fused-ring (bicyclic) bond motifs is 1. The Labute approximate surface area is 164 Å². The number of anilines is 1. The molecule has 0 unspecified atom stereocenters. The number of hydrogen-bond donors (Lipinski definition) is 1. The molecule has 1 atom stereocenters. The molecule has 0 bridgehead atoms. The van der Waals surface area contributed by atoms with E-state index in [1.165, 1.54) is 11.0 Å². The van der Waals surface area contributed by atoms with Crippen LogP contribution in [0.15, 0.2) is 24.3 Å². The molecule has 2 amide bonds. The third kappa shape index (κ3) is 5.73. The number of nitrogens with one attached hydrogen (secondary N) is 1. The number of likely N-dealkylation sites (N-methyl/N-ethyl adjacent to an activating group) is 1. The second-order valence-corrected chi connectivity index (χ2v) is 7.22. The average Bonchev–Trinajstić information content (AvgIpc) is 2.71. The molecule has 0 aromatic heterocycles. The molecule has 0 spiro atoms. The van der Waals surface area contributed by atoms with Crippen LogP contribution in [-0.2, 0) is 19.1 Å². The summed E-state index contributed by atoms with van der Waals surface area (Å²) in [5.74, 6) is -0.284. The molecule has 0 fully saturated rings. The molecule has 0 saturated carbocycles. The maximum absolute atomic E-state index is 12.8. The number of hydrogen-bond acceptors (Lipinski definition) is 6. The minimum atomic E-state index is -0.884. The molecule has 152 valence electrons. The number of amides is 2. The molecule has 0 radical (unpaired) electrons. The van der Waals surface area contributed by atoms with Crippen LogP contribution in [0.5, 0.6) is 5.75 Å². The summed E-state index contributed by atoms with van der Waals surface area (Å²) in [4.78, 5) is 37.6. The Hall–Kier alpha value is -3.03. The van der Waals surface area contributed by atoms with Crippen LogP contribution in [-0.4, -0.2) is 49.9 Å². The van der Waals surface area contributed by atoms with Crippen molar-refractivity contribution < 1.29 is 28.6 Å². The molecule has 8 nitrogen and oxygen atoms in total. The summed E-state index contributed by atoms with van der Waals surface area (Å²) in [5, 5.41) is 2.55. The van der Waals surface area contributed by atoms with E-state index in [9.17, 15) is 14.4 Å². The normalized spacial score (nSPS) is 16.8. The molecular formula is C20H26N2O6. The van der Waals surface area contributed by atoms with Crippen LogP contribution in [0.2, 0.25) is 0 Å². The van der Waals surface area contributed by atoms with Gasteiger partial charge < -0.3 is 24.4 Å². The third-order valence-electron chi connectivity index (χ3n) is 3.77.